The summed E-state index contributed by atoms with van der Waals surface area (Å²) in [5.41, 5.74) is 5.43. The Labute approximate surface area is 239 Å². The first-order valence-corrected chi connectivity index (χ1v) is 12.9. The van der Waals surface area contributed by atoms with Gasteiger partial charge in [0.1, 0.15) is 28.6 Å². The predicted molar refractivity (Wildman–Crippen MR) is 162 cm³/mol. The van der Waals surface area contributed by atoms with Gasteiger partial charge in [-0.15, -0.1) is 0 Å². The van der Waals surface area contributed by atoms with Crippen molar-refractivity contribution >= 4 is 23.1 Å². The molecule has 0 aliphatic rings. The van der Waals surface area contributed by atoms with Crippen molar-refractivity contribution in [3.8, 4) is 56.9 Å². The highest BCUT2D eigenvalue weighted by Crippen LogP contribution is 2.44. The number of furan rings is 1. The van der Waals surface area contributed by atoms with E-state index in [1.165, 1.54) is 0 Å². The molecule has 1 aromatic heterocycles. The molecule has 0 spiro atoms. The molecule has 0 unspecified atom stereocenters. The topological polar surface area (TPSA) is 68.5 Å². The predicted octanol–water partition coefficient (Wildman–Crippen LogP) is 7.99. The van der Waals surface area contributed by atoms with Crippen LogP contribution >= 0.6 is 0 Å². The maximum atomic E-state index is 6.47. The second-order valence-electron chi connectivity index (χ2n) is 9.18. The summed E-state index contributed by atoms with van der Waals surface area (Å²) >= 11 is 0. The third kappa shape index (κ3) is 5.52. The van der Waals surface area contributed by atoms with E-state index < -0.39 is 0 Å². The zero-order chi connectivity index (χ0) is 28.9. The summed E-state index contributed by atoms with van der Waals surface area (Å²) in [6.07, 6.45) is 4.04. The third-order valence-corrected chi connectivity index (χ3v) is 6.86. The van der Waals surface area contributed by atoms with Gasteiger partial charge in [-0.25, -0.2) is 0 Å². The molecule has 4 aromatic carbocycles. The van der Waals surface area contributed by atoms with Crippen molar-refractivity contribution in [1.82, 2.24) is 0 Å². The van der Waals surface area contributed by atoms with Gasteiger partial charge in [-0.1, -0.05) is 18.2 Å². The van der Waals surface area contributed by atoms with Crippen LogP contribution in [0.4, 0.5) is 0 Å². The summed E-state index contributed by atoms with van der Waals surface area (Å²) in [5, 5.41) is 0.957. The van der Waals surface area contributed by atoms with Crippen molar-refractivity contribution in [2.75, 3.05) is 42.7 Å². The van der Waals surface area contributed by atoms with Crippen LogP contribution in [0, 0.1) is 0 Å². The average molecular weight is 553 g/mol. The van der Waals surface area contributed by atoms with Gasteiger partial charge in [-0.3, -0.25) is 0 Å². The average Bonchev–Trinajstić information content (AvgIpc) is 3.41. The Balaban J connectivity index is 1.66. The summed E-state index contributed by atoms with van der Waals surface area (Å²) in [5.74, 6) is 4.62. The zero-order valence-corrected chi connectivity index (χ0v) is 23.9. The molecule has 0 amide bonds. The van der Waals surface area contributed by atoms with E-state index in [4.69, 9.17) is 32.8 Å². The van der Waals surface area contributed by atoms with Gasteiger partial charge < -0.3 is 32.8 Å². The van der Waals surface area contributed by atoms with Crippen molar-refractivity contribution in [2.45, 2.75) is 0 Å². The van der Waals surface area contributed by atoms with Gasteiger partial charge in [0.2, 0.25) is 5.75 Å². The lowest BCUT2D eigenvalue weighted by molar-refractivity contribution is 0.324. The molecule has 0 bridgehead atoms. The third-order valence-electron chi connectivity index (χ3n) is 6.86. The molecule has 0 N–H and O–H groups in total. The highest BCUT2D eigenvalue weighted by Gasteiger charge is 2.20. The van der Waals surface area contributed by atoms with Gasteiger partial charge in [0, 0.05) is 22.6 Å². The zero-order valence-electron chi connectivity index (χ0n) is 23.9. The molecule has 0 fully saturated rings. The summed E-state index contributed by atoms with van der Waals surface area (Å²) < 4.78 is 39.5. The monoisotopic (exact) mass is 552 g/mol. The Morgan fingerprint density at radius 1 is 0.512 bits per heavy atom. The number of ether oxygens (including phenoxy) is 6. The van der Waals surface area contributed by atoms with Crippen molar-refractivity contribution in [3.63, 3.8) is 0 Å². The van der Waals surface area contributed by atoms with E-state index >= 15 is 0 Å². The Bertz CT molecular complexity index is 1650. The Kier molecular flexibility index (Phi) is 8.06. The second-order valence-corrected chi connectivity index (χ2v) is 9.18. The van der Waals surface area contributed by atoms with Crippen LogP contribution in [0.15, 0.2) is 77.2 Å². The van der Waals surface area contributed by atoms with Crippen LogP contribution in [-0.2, 0) is 0 Å². The van der Waals surface area contributed by atoms with E-state index in [2.05, 4.69) is 6.07 Å². The highest BCUT2D eigenvalue weighted by molar-refractivity contribution is 6.03. The smallest absolute Gasteiger partial charge is 0.203 e. The SMILES string of the molecule is COc1ccc(-c2oc3ccc(/C=C/c4cc(OC)c(OC)c(OC)c4)cc3c2-c2cc(OC)cc(OC)c2)cc1. The van der Waals surface area contributed by atoms with Crippen LogP contribution < -0.4 is 28.4 Å². The fourth-order valence-corrected chi connectivity index (χ4v) is 4.79. The lowest BCUT2D eigenvalue weighted by Crippen LogP contribution is -1.95. The van der Waals surface area contributed by atoms with Crippen molar-refractivity contribution < 1.29 is 32.8 Å². The molecule has 7 heteroatoms. The van der Waals surface area contributed by atoms with E-state index in [1.807, 2.05) is 78.9 Å². The molecule has 0 saturated carbocycles. The maximum absolute atomic E-state index is 6.47. The van der Waals surface area contributed by atoms with E-state index in [-0.39, 0.29) is 0 Å². The fraction of sp³-hybridized carbons (Fsp3) is 0.176. The van der Waals surface area contributed by atoms with Crippen LogP contribution in [0.2, 0.25) is 0 Å². The quantitative estimate of drug-likeness (QED) is 0.163. The lowest BCUT2D eigenvalue weighted by atomic mass is 9.97. The summed E-state index contributed by atoms with van der Waals surface area (Å²) in [6.45, 7) is 0. The van der Waals surface area contributed by atoms with Gasteiger partial charge in [0.05, 0.1) is 42.7 Å². The summed E-state index contributed by atoms with van der Waals surface area (Å²) in [6, 6.07) is 23.6. The molecule has 0 aliphatic heterocycles. The van der Waals surface area contributed by atoms with E-state index in [0.29, 0.717) is 28.7 Å². The maximum Gasteiger partial charge on any atom is 0.203 e. The first kappa shape index (κ1) is 27.5. The number of hydrogen-bond acceptors (Lipinski definition) is 7. The van der Waals surface area contributed by atoms with Crippen LogP contribution in [0.3, 0.4) is 0 Å². The molecule has 41 heavy (non-hydrogen) atoms. The normalized spacial score (nSPS) is 11.1. The number of methoxy groups -OCH3 is 6. The second kappa shape index (κ2) is 12.0. The Morgan fingerprint density at radius 3 is 1.68 bits per heavy atom. The fourth-order valence-electron chi connectivity index (χ4n) is 4.79. The molecule has 5 aromatic rings. The molecule has 1 heterocycles. The number of hydrogen-bond donors (Lipinski definition) is 0. The molecular formula is C34H32O7. The molecule has 0 radical (unpaired) electrons. The molecule has 0 aliphatic carbocycles. The summed E-state index contributed by atoms with van der Waals surface area (Å²) in [7, 11) is 9.73. The minimum absolute atomic E-state index is 0.552. The first-order chi connectivity index (χ1) is 20.0. The molecule has 0 saturated heterocycles. The van der Waals surface area contributed by atoms with Crippen LogP contribution in [0.5, 0.6) is 34.5 Å². The van der Waals surface area contributed by atoms with Crippen molar-refractivity contribution in [1.29, 1.82) is 0 Å². The van der Waals surface area contributed by atoms with E-state index in [1.54, 1.807) is 42.7 Å². The molecule has 0 atom stereocenters. The van der Waals surface area contributed by atoms with Gasteiger partial charge in [-0.05, 0) is 77.4 Å². The van der Waals surface area contributed by atoms with Crippen LogP contribution in [0.1, 0.15) is 11.1 Å². The van der Waals surface area contributed by atoms with Crippen LogP contribution in [-0.4, -0.2) is 42.7 Å². The van der Waals surface area contributed by atoms with Crippen molar-refractivity contribution in [2.24, 2.45) is 0 Å². The number of rotatable bonds is 10. The van der Waals surface area contributed by atoms with E-state index in [9.17, 15) is 0 Å². The highest BCUT2D eigenvalue weighted by atomic mass is 16.5. The lowest BCUT2D eigenvalue weighted by Gasteiger charge is -2.12. The van der Waals surface area contributed by atoms with Gasteiger partial charge in [-0.2, -0.15) is 0 Å². The van der Waals surface area contributed by atoms with Crippen LogP contribution in [0.25, 0.3) is 45.6 Å². The minimum Gasteiger partial charge on any atom is -0.497 e. The van der Waals surface area contributed by atoms with E-state index in [0.717, 1.165) is 50.3 Å². The number of fused-ring (bicyclic) bond motifs is 1. The number of benzene rings is 4. The molecular weight excluding hydrogens is 520 g/mol. The minimum atomic E-state index is 0.552. The Hall–Kier alpha value is -5.04. The summed E-state index contributed by atoms with van der Waals surface area (Å²) in [4.78, 5) is 0. The Morgan fingerprint density at radius 2 is 1.12 bits per heavy atom. The standard InChI is InChI=1S/C34H32O7/c1-35-25-12-10-23(11-13-25)33-32(24-18-26(36-2)20-27(19-24)37-3)28-15-21(9-14-29(28)41-33)7-8-22-16-30(38-4)34(40-6)31(17-22)39-5/h7-20H,1-6H3/b8-7+. The van der Waals surface area contributed by atoms with Crippen molar-refractivity contribution in [3.05, 3.63) is 83.9 Å². The molecule has 210 valence electrons. The van der Waals surface area contributed by atoms with Gasteiger partial charge in [0.25, 0.3) is 0 Å². The van der Waals surface area contributed by atoms with Gasteiger partial charge >= 0.3 is 0 Å². The largest absolute Gasteiger partial charge is 0.497 e. The molecule has 7 nitrogen and oxygen atoms in total. The van der Waals surface area contributed by atoms with Gasteiger partial charge in [0.15, 0.2) is 11.5 Å². The molecule has 5 rings (SSSR count). The first-order valence-electron chi connectivity index (χ1n) is 12.9.